The van der Waals surface area contributed by atoms with Crippen LogP contribution < -0.4 is 10.9 Å². The topological polar surface area (TPSA) is 81.8 Å². The minimum absolute atomic E-state index is 0.0824. The Hall–Kier alpha value is -3.26. The number of aryl methyl sites for hydroxylation is 4. The highest BCUT2D eigenvalue weighted by Gasteiger charge is 2.22. The van der Waals surface area contributed by atoms with Gasteiger partial charge in [0.05, 0.1) is 34.5 Å². The Balaban J connectivity index is 1.41. The summed E-state index contributed by atoms with van der Waals surface area (Å²) in [5.74, 6) is -0.273. The number of rotatable bonds is 4. The lowest BCUT2D eigenvalue weighted by molar-refractivity contribution is -0.116. The number of carbonyl (C=O) groups excluding carboxylic acids is 1. The summed E-state index contributed by atoms with van der Waals surface area (Å²) in [5, 5.41) is 8.21. The highest BCUT2D eigenvalue weighted by molar-refractivity contribution is 7.18. The van der Waals surface area contributed by atoms with Crippen molar-refractivity contribution < 1.29 is 4.79 Å². The van der Waals surface area contributed by atoms with Gasteiger partial charge in [-0.3, -0.25) is 14.2 Å². The molecule has 1 aliphatic carbocycles. The summed E-state index contributed by atoms with van der Waals surface area (Å²) in [4.78, 5) is 32.3. The third-order valence-electron chi connectivity index (χ3n) is 5.84. The van der Waals surface area contributed by atoms with Crippen LogP contribution in [0.5, 0.6) is 0 Å². The van der Waals surface area contributed by atoms with E-state index in [1.54, 1.807) is 11.3 Å². The number of hydrogen-bond donors (Lipinski definition) is 1. The first-order valence-electron chi connectivity index (χ1n) is 10.3. The zero-order valence-corrected chi connectivity index (χ0v) is 18.5. The Kier molecular flexibility index (Phi) is 4.74. The molecule has 4 aromatic rings. The molecule has 0 fully saturated rings. The second-order valence-corrected chi connectivity index (χ2v) is 9.14. The molecular weight excluding hydrogens is 410 g/mol. The number of hydrogen-bond acceptors (Lipinski definition) is 5. The van der Waals surface area contributed by atoms with Gasteiger partial charge in [-0.05, 0) is 57.7 Å². The Morgan fingerprint density at radius 1 is 1.16 bits per heavy atom. The zero-order valence-electron chi connectivity index (χ0n) is 17.7. The van der Waals surface area contributed by atoms with Crippen molar-refractivity contribution in [3.63, 3.8) is 0 Å². The molecule has 0 saturated carbocycles. The van der Waals surface area contributed by atoms with Crippen molar-refractivity contribution >= 4 is 33.1 Å². The van der Waals surface area contributed by atoms with E-state index in [9.17, 15) is 9.59 Å². The minimum Gasteiger partial charge on any atom is -0.321 e. The molecule has 5 rings (SSSR count). The number of benzene rings is 1. The molecule has 3 aromatic heterocycles. The molecule has 0 radical (unpaired) electrons. The second kappa shape index (κ2) is 7.46. The van der Waals surface area contributed by atoms with Gasteiger partial charge in [-0.25, -0.2) is 9.67 Å². The van der Waals surface area contributed by atoms with Gasteiger partial charge in [0, 0.05) is 4.88 Å². The van der Waals surface area contributed by atoms with Crippen LogP contribution in [0.3, 0.4) is 0 Å². The summed E-state index contributed by atoms with van der Waals surface area (Å²) in [6, 6.07) is 8.06. The predicted octanol–water partition coefficient (Wildman–Crippen LogP) is 3.70. The van der Waals surface area contributed by atoms with Gasteiger partial charge in [0.25, 0.3) is 5.56 Å². The third-order valence-corrected chi connectivity index (χ3v) is 7.04. The zero-order chi connectivity index (χ0) is 21.7. The molecule has 0 atom stereocenters. The summed E-state index contributed by atoms with van der Waals surface area (Å²) in [6.45, 7) is 5.74. The van der Waals surface area contributed by atoms with Crippen LogP contribution in [-0.4, -0.2) is 25.2 Å². The number of amides is 1. The molecule has 1 amide bonds. The van der Waals surface area contributed by atoms with Crippen LogP contribution in [-0.2, 0) is 24.2 Å². The van der Waals surface area contributed by atoms with Crippen LogP contribution >= 0.6 is 11.3 Å². The molecule has 8 heteroatoms. The predicted molar refractivity (Wildman–Crippen MR) is 122 cm³/mol. The van der Waals surface area contributed by atoms with Gasteiger partial charge in [-0.2, -0.15) is 5.10 Å². The van der Waals surface area contributed by atoms with E-state index in [4.69, 9.17) is 0 Å². The smallest absolute Gasteiger partial charge is 0.262 e. The monoisotopic (exact) mass is 433 g/mol. The Morgan fingerprint density at radius 2 is 1.94 bits per heavy atom. The molecule has 0 saturated heterocycles. The highest BCUT2D eigenvalue weighted by atomic mass is 32.1. The van der Waals surface area contributed by atoms with Gasteiger partial charge in [-0.15, -0.1) is 11.3 Å². The number of nitrogens with one attached hydrogen (secondary N) is 1. The third kappa shape index (κ3) is 3.37. The molecule has 0 bridgehead atoms. The van der Waals surface area contributed by atoms with E-state index in [-0.39, 0.29) is 18.0 Å². The largest absolute Gasteiger partial charge is 0.321 e. The molecule has 31 heavy (non-hydrogen) atoms. The van der Waals surface area contributed by atoms with Crippen molar-refractivity contribution in [2.45, 2.75) is 46.6 Å². The van der Waals surface area contributed by atoms with Gasteiger partial charge < -0.3 is 5.32 Å². The maximum Gasteiger partial charge on any atom is 0.262 e. The quantitative estimate of drug-likeness (QED) is 0.532. The fraction of sp³-hybridized carbons (Fsp3) is 0.304. The van der Waals surface area contributed by atoms with Crippen LogP contribution in [0.25, 0.3) is 15.9 Å². The molecule has 0 unspecified atom stereocenters. The van der Waals surface area contributed by atoms with Crippen LogP contribution in [0, 0.1) is 20.8 Å². The van der Waals surface area contributed by atoms with Crippen LogP contribution in [0.2, 0.25) is 0 Å². The average Bonchev–Trinajstić information content (AvgIpc) is 3.40. The maximum atomic E-state index is 13.0. The standard InChI is InChI=1S/C23H23N5O2S/c1-13-7-9-16(10-8-13)28-15(3)21(14(2)26-28)25-19(29)11-27-12-24-22-20(23(27)30)17-5-4-6-18(17)31-22/h7-10,12H,4-6,11H2,1-3H3,(H,25,29). The molecule has 1 aliphatic rings. The van der Waals surface area contributed by atoms with Crippen molar-refractivity contribution in [1.29, 1.82) is 0 Å². The van der Waals surface area contributed by atoms with Gasteiger partial charge in [0.15, 0.2) is 0 Å². The fourth-order valence-electron chi connectivity index (χ4n) is 4.23. The number of carbonyl (C=O) groups is 1. The van der Waals surface area contributed by atoms with Crippen molar-refractivity contribution in [2.75, 3.05) is 5.32 Å². The van der Waals surface area contributed by atoms with E-state index < -0.39 is 0 Å². The van der Waals surface area contributed by atoms with Crippen molar-refractivity contribution in [2.24, 2.45) is 0 Å². The molecule has 1 aromatic carbocycles. The van der Waals surface area contributed by atoms with E-state index in [0.717, 1.165) is 46.7 Å². The van der Waals surface area contributed by atoms with E-state index in [0.29, 0.717) is 11.1 Å². The summed E-state index contributed by atoms with van der Waals surface area (Å²) >= 11 is 1.60. The number of fused-ring (bicyclic) bond motifs is 3. The average molecular weight is 434 g/mol. The first-order chi connectivity index (χ1) is 14.9. The number of thiophene rings is 1. The summed E-state index contributed by atoms with van der Waals surface area (Å²) in [7, 11) is 0. The van der Waals surface area contributed by atoms with Crippen LogP contribution in [0.15, 0.2) is 35.4 Å². The fourth-order valence-corrected chi connectivity index (χ4v) is 5.45. The maximum absolute atomic E-state index is 13.0. The van der Waals surface area contributed by atoms with Crippen molar-refractivity contribution in [3.05, 3.63) is 68.3 Å². The van der Waals surface area contributed by atoms with Gasteiger partial charge in [-0.1, -0.05) is 17.7 Å². The van der Waals surface area contributed by atoms with Crippen LogP contribution in [0.1, 0.15) is 33.8 Å². The Bertz CT molecular complexity index is 1380. The van der Waals surface area contributed by atoms with Crippen LogP contribution in [0.4, 0.5) is 5.69 Å². The Labute approximate surface area is 183 Å². The lowest BCUT2D eigenvalue weighted by Gasteiger charge is -2.09. The van der Waals surface area contributed by atoms with E-state index in [2.05, 4.69) is 15.4 Å². The lowest BCUT2D eigenvalue weighted by Crippen LogP contribution is -2.28. The highest BCUT2D eigenvalue weighted by Crippen LogP contribution is 2.34. The normalized spacial score (nSPS) is 13.0. The molecule has 0 spiro atoms. The van der Waals surface area contributed by atoms with E-state index >= 15 is 0 Å². The summed E-state index contributed by atoms with van der Waals surface area (Å²) in [5.41, 5.74) is 5.33. The summed E-state index contributed by atoms with van der Waals surface area (Å²) < 4.78 is 3.22. The van der Waals surface area contributed by atoms with E-state index in [1.165, 1.54) is 21.3 Å². The molecule has 7 nitrogen and oxygen atoms in total. The van der Waals surface area contributed by atoms with Gasteiger partial charge >= 0.3 is 0 Å². The number of nitrogens with zero attached hydrogens (tertiary/aromatic N) is 4. The molecule has 1 N–H and O–H groups in total. The molecular formula is C23H23N5O2S. The van der Waals surface area contributed by atoms with Gasteiger partial charge in [0.2, 0.25) is 5.91 Å². The first-order valence-corrected chi connectivity index (χ1v) is 11.2. The second-order valence-electron chi connectivity index (χ2n) is 8.06. The SMILES string of the molecule is Cc1ccc(-n2nc(C)c(NC(=O)Cn3cnc4sc5c(c4c3=O)CCC5)c2C)cc1. The molecule has 158 valence electrons. The van der Waals surface area contributed by atoms with Gasteiger partial charge in [0.1, 0.15) is 11.4 Å². The van der Waals surface area contributed by atoms with Crippen molar-refractivity contribution in [3.8, 4) is 5.69 Å². The van der Waals surface area contributed by atoms with E-state index in [1.807, 2.05) is 49.7 Å². The molecule has 0 aliphatic heterocycles. The summed E-state index contributed by atoms with van der Waals surface area (Å²) in [6.07, 6.45) is 4.49. The van der Waals surface area contributed by atoms with Crippen molar-refractivity contribution in [1.82, 2.24) is 19.3 Å². The number of anilines is 1. The molecule has 3 heterocycles. The first kappa shape index (κ1) is 19.7. The lowest BCUT2D eigenvalue weighted by atomic mass is 10.2. The minimum atomic E-state index is -0.273. The number of aromatic nitrogens is 4. The Morgan fingerprint density at radius 3 is 2.71 bits per heavy atom.